The van der Waals surface area contributed by atoms with Gasteiger partial charge in [-0.15, -0.1) is 0 Å². The van der Waals surface area contributed by atoms with Crippen LogP contribution in [0.5, 0.6) is 0 Å². The van der Waals surface area contributed by atoms with E-state index in [-0.39, 0.29) is 0 Å². The van der Waals surface area contributed by atoms with Crippen molar-refractivity contribution in [3.63, 3.8) is 0 Å². The van der Waals surface area contributed by atoms with Crippen LogP contribution in [0.3, 0.4) is 0 Å². The van der Waals surface area contributed by atoms with Gasteiger partial charge in [0.25, 0.3) is 0 Å². The molecule has 0 unspecified atom stereocenters. The Hall–Kier alpha value is -1.53. The molecular formula is C34H57N2+. The first-order chi connectivity index (χ1) is 17.9. The lowest BCUT2D eigenvalue weighted by atomic mass is 10.0. The Kier molecular flexibility index (Phi) is 15.8. The molecule has 0 amide bonds. The summed E-state index contributed by atoms with van der Waals surface area (Å²) < 4.78 is 2.43. The second-order valence-corrected chi connectivity index (χ2v) is 11.7. The van der Waals surface area contributed by atoms with Gasteiger partial charge in [-0.25, -0.2) is 0 Å². The van der Waals surface area contributed by atoms with E-state index in [0.717, 1.165) is 13.1 Å². The molecule has 36 heavy (non-hydrogen) atoms. The Morgan fingerprint density at radius 3 is 1.83 bits per heavy atom. The monoisotopic (exact) mass is 493 g/mol. The number of hydrogen-bond acceptors (Lipinski definition) is 1. The van der Waals surface area contributed by atoms with E-state index >= 15 is 0 Å². The van der Waals surface area contributed by atoms with Crippen molar-refractivity contribution < 1.29 is 4.58 Å². The van der Waals surface area contributed by atoms with Crippen LogP contribution in [0.25, 0.3) is 0 Å². The Morgan fingerprint density at radius 1 is 0.611 bits per heavy atom. The van der Waals surface area contributed by atoms with E-state index in [9.17, 15) is 0 Å². The van der Waals surface area contributed by atoms with Crippen LogP contribution >= 0.6 is 0 Å². The van der Waals surface area contributed by atoms with Crippen molar-refractivity contribution in [1.82, 2.24) is 4.90 Å². The van der Waals surface area contributed by atoms with Gasteiger partial charge in [0.05, 0.1) is 0 Å². The highest BCUT2D eigenvalue weighted by Crippen LogP contribution is 2.19. The van der Waals surface area contributed by atoms with Crippen LogP contribution in [0.4, 0.5) is 0 Å². The van der Waals surface area contributed by atoms with E-state index in [1.165, 1.54) is 154 Å². The van der Waals surface area contributed by atoms with Crippen molar-refractivity contribution in [3.8, 4) is 0 Å². The first-order valence-corrected chi connectivity index (χ1v) is 16.0. The van der Waals surface area contributed by atoms with Crippen LogP contribution in [0, 0.1) is 0 Å². The van der Waals surface area contributed by atoms with Gasteiger partial charge in [-0.2, -0.15) is 4.58 Å². The number of hydrogen-bond donors (Lipinski definition) is 0. The van der Waals surface area contributed by atoms with Gasteiger partial charge in [0.1, 0.15) is 0 Å². The molecule has 0 fully saturated rings. The second kappa shape index (κ2) is 19.6. The zero-order chi connectivity index (χ0) is 24.9. The average molecular weight is 494 g/mol. The molecule has 0 spiro atoms. The minimum Gasteiger partial charge on any atom is -0.373 e. The van der Waals surface area contributed by atoms with Gasteiger partial charge in [-0.05, 0) is 55.7 Å². The maximum Gasteiger partial charge on any atom is 0.174 e. The minimum atomic E-state index is 1.12. The van der Waals surface area contributed by atoms with Crippen molar-refractivity contribution in [2.75, 3.05) is 26.2 Å². The van der Waals surface area contributed by atoms with Crippen molar-refractivity contribution in [2.24, 2.45) is 0 Å². The minimum absolute atomic E-state index is 1.12. The summed E-state index contributed by atoms with van der Waals surface area (Å²) in [5, 5.41) is 0. The molecule has 3 rings (SSSR count). The molecule has 0 aromatic carbocycles. The van der Waals surface area contributed by atoms with Crippen LogP contribution in [0.15, 0.2) is 41.7 Å². The van der Waals surface area contributed by atoms with E-state index in [0.29, 0.717) is 0 Å². The summed E-state index contributed by atoms with van der Waals surface area (Å²) in [6.07, 6.45) is 42.5. The summed E-state index contributed by atoms with van der Waals surface area (Å²) >= 11 is 0. The van der Waals surface area contributed by atoms with Crippen LogP contribution in [0.2, 0.25) is 0 Å². The molecule has 3 aliphatic rings. The smallest absolute Gasteiger partial charge is 0.174 e. The Bertz CT molecular complexity index is 734. The molecule has 0 saturated carbocycles. The Balaban J connectivity index is 1.33. The first-order valence-electron chi connectivity index (χ1n) is 16.0. The number of fused-ring (bicyclic) bond motifs is 3. The third-order valence-electron chi connectivity index (χ3n) is 8.33. The highest BCUT2D eigenvalue weighted by atomic mass is 15.1. The summed E-state index contributed by atoms with van der Waals surface area (Å²) in [6, 6.07) is 0. The number of nitrogens with zero attached hydrogens (tertiary/aromatic N) is 2. The molecule has 0 atom stereocenters. The molecule has 2 nitrogen and oxygen atoms in total. The Labute approximate surface area is 224 Å². The topological polar surface area (TPSA) is 6.25 Å². The predicted octanol–water partition coefficient (Wildman–Crippen LogP) is 9.52. The maximum atomic E-state index is 3.47. The zero-order valence-electron chi connectivity index (χ0n) is 23.7. The van der Waals surface area contributed by atoms with Gasteiger partial charge < -0.3 is 4.90 Å². The lowest BCUT2D eigenvalue weighted by Crippen LogP contribution is -2.21. The standard InChI is InChI=1S/C34H57N2/c1-2-4-7-11-15-19-27-35-29-22-26-34(32-35)24-18-14-10-6-8-12-16-20-28-36-30-21-25-33(31-36)23-17-13-9-5-3-1/h21-22,25-26,32H,1-20,23-24,27-29,31H2/q+1. The van der Waals surface area contributed by atoms with Crippen LogP contribution in [-0.4, -0.2) is 41.5 Å². The highest BCUT2D eigenvalue weighted by molar-refractivity contribution is 5.51. The summed E-state index contributed by atoms with van der Waals surface area (Å²) in [7, 11) is 0. The van der Waals surface area contributed by atoms with Crippen LogP contribution < -0.4 is 0 Å². The SMILES string of the molecule is C1=CC=C2CCCCCCCCCCCCCCN3C=C(C=CC3)CCCCCCCCCC[N+]=1C2. The first kappa shape index (κ1) is 29.0. The van der Waals surface area contributed by atoms with Gasteiger partial charge in [-0.3, -0.25) is 0 Å². The predicted molar refractivity (Wildman–Crippen MR) is 158 cm³/mol. The van der Waals surface area contributed by atoms with E-state index < -0.39 is 0 Å². The molecular weight excluding hydrogens is 436 g/mol. The molecule has 202 valence electrons. The fraction of sp³-hybridized carbons (Fsp3) is 0.765. The number of rotatable bonds is 0. The van der Waals surface area contributed by atoms with E-state index in [1.54, 1.807) is 11.1 Å². The lowest BCUT2D eigenvalue weighted by molar-refractivity contribution is -0.514. The highest BCUT2D eigenvalue weighted by Gasteiger charge is 2.11. The zero-order valence-corrected chi connectivity index (χ0v) is 23.7. The van der Waals surface area contributed by atoms with Gasteiger partial charge in [0.15, 0.2) is 19.0 Å². The molecule has 0 aromatic rings. The van der Waals surface area contributed by atoms with Crippen molar-refractivity contribution in [3.05, 3.63) is 41.7 Å². The molecule has 3 aliphatic heterocycles. The molecule has 0 saturated heterocycles. The lowest BCUT2D eigenvalue weighted by Gasteiger charge is -2.23. The van der Waals surface area contributed by atoms with Crippen molar-refractivity contribution in [2.45, 2.75) is 141 Å². The molecule has 0 aromatic heterocycles. The molecule has 4 bridgehead atoms. The van der Waals surface area contributed by atoms with Gasteiger partial charge in [-0.1, -0.05) is 108 Å². The quantitative estimate of drug-likeness (QED) is 0.304. The molecule has 0 N–H and O–H groups in total. The van der Waals surface area contributed by atoms with Crippen LogP contribution in [-0.2, 0) is 0 Å². The largest absolute Gasteiger partial charge is 0.373 e. The van der Waals surface area contributed by atoms with Gasteiger partial charge in [0.2, 0.25) is 0 Å². The van der Waals surface area contributed by atoms with Gasteiger partial charge in [0, 0.05) is 31.8 Å². The molecule has 0 aliphatic carbocycles. The van der Waals surface area contributed by atoms with Gasteiger partial charge >= 0.3 is 0 Å². The van der Waals surface area contributed by atoms with Crippen molar-refractivity contribution in [1.29, 1.82) is 0 Å². The molecule has 0 radical (unpaired) electrons. The normalized spacial score (nSPS) is 23.8. The van der Waals surface area contributed by atoms with E-state index in [4.69, 9.17) is 0 Å². The number of allylic oxidation sites excluding steroid dienone is 4. The average Bonchev–Trinajstić information content (AvgIpc) is 2.90. The second-order valence-electron chi connectivity index (χ2n) is 11.7. The van der Waals surface area contributed by atoms with E-state index in [2.05, 4.69) is 45.8 Å². The summed E-state index contributed by atoms with van der Waals surface area (Å²) in [5.41, 5.74) is 3.18. The van der Waals surface area contributed by atoms with E-state index in [1.807, 2.05) is 0 Å². The van der Waals surface area contributed by atoms with Crippen LogP contribution in [0.1, 0.15) is 141 Å². The van der Waals surface area contributed by atoms with Crippen molar-refractivity contribution >= 4 is 5.87 Å². The fourth-order valence-electron chi connectivity index (χ4n) is 6.01. The third kappa shape index (κ3) is 13.7. The fourth-order valence-corrected chi connectivity index (χ4v) is 6.01. The summed E-state index contributed by atoms with van der Waals surface area (Å²) in [4.78, 5) is 2.56. The Morgan fingerprint density at radius 2 is 1.17 bits per heavy atom. The summed E-state index contributed by atoms with van der Waals surface area (Å²) in [5.74, 6) is 3.47. The summed E-state index contributed by atoms with van der Waals surface area (Å²) in [6.45, 7) is 4.68. The third-order valence-corrected chi connectivity index (χ3v) is 8.33. The maximum absolute atomic E-state index is 3.47. The molecule has 2 heteroatoms. The molecule has 3 heterocycles.